The fourth-order valence-electron chi connectivity index (χ4n) is 1.54. The lowest BCUT2D eigenvalue weighted by molar-refractivity contribution is -0.119. The fraction of sp³-hybridized carbons (Fsp3) is 0.273. The third-order valence-electron chi connectivity index (χ3n) is 2.36. The van der Waals surface area contributed by atoms with Crippen molar-refractivity contribution in [3.8, 4) is 11.5 Å². The van der Waals surface area contributed by atoms with Crippen molar-refractivity contribution in [1.82, 2.24) is 5.43 Å². The van der Waals surface area contributed by atoms with Crippen molar-refractivity contribution in [2.24, 2.45) is 5.10 Å². The Hall–Kier alpha value is -2.04. The summed E-state index contributed by atoms with van der Waals surface area (Å²) in [4.78, 5) is 11.0. The molecule has 2 rings (SSSR count). The van der Waals surface area contributed by atoms with Crippen molar-refractivity contribution in [2.45, 2.75) is 6.42 Å². The Morgan fingerprint density at radius 1 is 1.25 bits per heavy atom. The second-order valence-electron chi connectivity index (χ2n) is 3.34. The molecule has 0 aromatic heterocycles. The molecule has 0 bridgehead atoms. The molecule has 1 amide bonds. The highest BCUT2D eigenvalue weighted by Gasteiger charge is 2.17. The molecule has 84 valence electrons. The summed E-state index contributed by atoms with van der Waals surface area (Å²) in [5, 5.41) is 3.94. The van der Waals surface area contributed by atoms with Crippen LogP contribution in [0.4, 0.5) is 0 Å². The van der Waals surface area contributed by atoms with E-state index in [1.807, 2.05) is 6.07 Å². The Kier molecular flexibility index (Phi) is 2.76. The summed E-state index contributed by atoms with van der Waals surface area (Å²) >= 11 is 0. The average Bonchev–Trinajstić information content (AvgIpc) is 2.75. The van der Waals surface area contributed by atoms with Crippen LogP contribution in [0.2, 0.25) is 0 Å². The van der Waals surface area contributed by atoms with E-state index in [1.165, 1.54) is 0 Å². The highest BCUT2D eigenvalue weighted by atomic mass is 16.5. The fourth-order valence-corrected chi connectivity index (χ4v) is 1.54. The van der Waals surface area contributed by atoms with E-state index in [4.69, 9.17) is 9.47 Å². The van der Waals surface area contributed by atoms with Crippen LogP contribution < -0.4 is 14.9 Å². The van der Waals surface area contributed by atoms with Crippen LogP contribution in [-0.4, -0.2) is 25.8 Å². The van der Waals surface area contributed by atoms with Crippen molar-refractivity contribution >= 4 is 11.6 Å². The maximum Gasteiger partial charge on any atom is 0.246 e. The molecule has 0 fully saturated rings. The van der Waals surface area contributed by atoms with Crippen LogP contribution in [0.15, 0.2) is 23.3 Å². The van der Waals surface area contributed by atoms with Gasteiger partial charge in [-0.1, -0.05) is 0 Å². The zero-order valence-corrected chi connectivity index (χ0v) is 9.11. The number of rotatable bonds is 3. The van der Waals surface area contributed by atoms with Crippen molar-refractivity contribution < 1.29 is 14.3 Å². The highest BCUT2D eigenvalue weighted by Crippen LogP contribution is 2.28. The molecule has 1 N–H and O–H groups in total. The van der Waals surface area contributed by atoms with E-state index in [2.05, 4.69) is 10.5 Å². The molecule has 1 aliphatic heterocycles. The first-order valence-electron chi connectivity index (χ1n) is 4.82. The van der Waals surface area contributed by atoms with Crippen molar-refractivity contribution in [3.63, 3.8) is 0 Å². The summed E-state index contributed by atoms with van der Waals surface area (Å²) in [7, 11) is 3.15. The van der Waals surface area contributed by atoms with Gasteiger partial charge in [-0.3, -0.25) is 4.79 Å². The number of hydrogen-bond donors (Lipinski definition) is 1. The molecule has 5 nitrogen and oxygen atoms in total. The summed E-state index contributed by atoms with van der Waals surface area (Å²) in [6.07, 6.45) is 0.301. The molecule has 0 aliphatic carbocycles. The molecule has 5 heteroatoms. The van der Waals surface area contributed by atoms with E-state index in [1.54, 1.807) is 26.4 Å². The van der Waals surface area contributed by atoms with Gasteiger partial charge in [0.2, 0.25) is 5.91 Å². The predicted octanol–water partition coefficient (Wildman–Crippen LogP) is 0.928. The first kappa shape index (κ1) is 10.5. The van der Waals surface area contributed by atoms with Crippen LogP contribution >= 0.6 is 0 Å². The van der Waals surface area contributed by atoms with Crippen LogP contribution in [0.3, 0.4) is 0 Å². The van der Waals surface area contributed by atoms with Gasteiger partial charge in [-0.2, -0.15) is 5.10 Å². The van der Waals surface area contributed by atoms with Gasteiger partial charge in [0.1, 0.15) is 0 Å². The van der Waals surface area contributed by atoms with E-state index in [-0.39, 0.29) is 5.91 Å². The summed E-state index contributed by atoms with van der Waals surface area (Å²) in [6.45, 7) is 0. The molecule has 16 heavy (non-hydrogen) atoms. The molecule has 0 atom stereocenters. The Labute approximate surface area is 93.1 Å². The van der Waals surface area contributed by atoms with Crippen LogP contribution in [0.1, 0.15) is 12.0 Å². The number of nitrogens with one attached hydrogen (secondary N) is 1. The van der Waals surface area contributed by atoms with Crippen molar-refractivity contribution in [2.75, 3.05) is 14.2 Å². The van der Waals surface area contributed by atoms with Crippen molar-refractivity contribution in [3.05, 3.63) is 23.8 Å². The first-order valence-corrected chi connectivity index (χ1v) is 4.82. The zero-order chi connectivity index (χ0) is 11.5. The number of amides is 1. The number of ether oxygens (including phenoxy) is 2. The zero-order valence-electron chi connectivity index (χ0n) is 9.11. The summed E-state index contributed by atoms with van der Waals surface area (Å²) in [5.41, 5.74) is 3.98. The van der Waals surface area contributed by atoms with Gasteiger partial charge in [-0.05, 0) is 18.2 Å². The lowest BCUT2D eigenvalue weighted by Gasteiger charge is -2.08. The number of carbonyl (C=O) groups excluding carboxylic acids is 1. The second kappa shape index (κ2) is 4.22. The minimum Gasteiger partial charge on any atom is -0.493 e. The summed E-state index contributed by atoms with van der Waals surface area (Å²) in [5.74, 6) is 1.19. The summed E-state index contributed by atoms with van der Waals surface area (Å²) in [6, 6.07) is 5.44. The number of carbonyl (C=O) groups is 1. The van der Waals surface area contributed by atoms with E-state index in [0.717, 1.165) is 5.56 Å². The highest BCUT2D eigenvalue weighted by molar-refractivity contribution is 6.13. The lowest BCUT2D eigenvalue weighted by Crippen LogP contribution is -2.09. The minimum atomic E-state index is -0.0928. The molecule has 1 aromatic rings. The predicted molar refractivity (Wildman–Crippen MR) is 58.8 cm³/mol. The van der Waals surface area contributed by atoms with Crippen LogP contribution in [0, 0.1) is 0 Å². The smallest absolute Gasteiger partial charge is 0.246 e. The van der Waals surface area contributed by atoms with Gasteiger partial charge in [-0.15, -0.1) is 0 Å². The van der Waals surface area contributed by atoms with Crippen LogP contribution in [0.5, 0.6) is 11.5 Å². The Morgan fingerprint density at radius 3 is 2.56 bits per heavy atom. The maximum absolute atomic E-state index is 11.0. The second-order valence-corrected chi connectivity index (χ2v) is 3.34. The number of hydrogen-bond acceptors (Lipinski definition) is 4. The van der Waals surface area contributed by atoms with Crippen molar-refractivity contribution in [1.29, 1.82) is 0 Å². The first-order chi connectivity index (χ1) is 7.74. The van der Waals surface area contributed by atoms with Gasteiger partial charge in [-0.25, -0.2) is 5.43 Å². The topological polar surface area (TPSA) is 59.9 Å². The van der Waals surface area contributed by atoms with Crippen LogP contribution in [0.25, 0.3) is 0 Å². The number of nitrogens with zero attached hydrogens (tertiary/aromatic N) is 1. The molecule has 1 aromatic carbocycles. The number of benzene rings is 1. The molecule has 0 radical (unpaired) electrons. The van der Waals surface area contributed by atoms with E-state index >= 15 is 0 Å². The Balaban J connectivity index is 2.33. The monoisotopic (exact) mass is 220 g/mol. The van der Waals surface area contributed by atoms with Gasteiger partial charge in [0.25, 0.3) is 0 Å². The molecule has 0 unspecified atom stereocenters. The van der Waals surface area contributed by atoms with Gasteiger partial charge in [0.15, 0.2) is 11.5 Å². The molecule has 0 spiro atoms. The third-order valence-corrected chi connectivity index (χ3v) is 2.36. The quantitative estimate of drug-likeness (QED) is 0.824. The molecular weight excluding hydrogens is 208 g/mol. The normalized spacial score (nSPS) is 14.4. The third kappa shape index (κ3) is 1.84. The van der Waals surface area contributed by atoms with Gasteiger partial charge in [0.05, 0.1) is 26.4 Å². The standard InChI is InChI=1S/C11H12N2O3/c1-15-9-4-3-7(5-10(9)16-2)8-6-11(14)13-12-8/h3-5H,6H2,1-2H3,(H,13,14). The van der Waals surface area contributed by atoms with E-state index in [9.17, 15) is 4.79 Å². The largest absolute Gasteiger partial charge is 0.493 e. The van der Waals surface area contributed by atoms with E-state index < -0.39 is 0 Å². The van der Waals surface area contributed by atoms with E-state index in [0.29, 0.717) is 23.6 Å². The Bertz CT molecular complexity index is 455. The van der Waals surface area contributed by atoms with Gasteiger partial charge < -0.3 is 9.47 Å². The minimum absolute atomic E-state index is 0.0928. The molecule has 0 saturated heterocycles. The van der Waals surface area contributed by atoms with Crippen LogP contribution in [-0.2, 0) is 4.79 Å². The number of hydrazone groups is 1. The summed E-state index contributed by atoms with van der Waals surface area (Å²) < 4.78 is 10.3. The SMILES string of the molecule is COc1ccc(C2=NNC(=O)C2)cc1OC. The van der Waals surface area contributed by atoms with Gasteiger partial charge >= 0.3 is 0 Å². The lowest BCUT2D eigenvalue weighted by atomic mass is 10.1. The van der Waals surface area contributed by atoms with Gasteiger partial charge in [0, 0.05) is 5.56 Å². The average molecular weight is 220 g/mol. The molecule has 1 heterocycles. The molecule has 1 aliphatic rings. The number of methoxy groups -OCH3 is 2. The molecule has 0 saturated carbocycles. The molecular formula is C11H12N2O3. The maximum atomic E-state index is 11.0. The Morgan fingerprint density at radius 2 is 2.00 bits per heavy atom.